The fraction of sp³-hybridized carbons (Fsp3) is 0.273. The van der Waals surface area contributed by atoms with Crippen molar-refractivity contribution in [3.8, 4) is 11.5 Å². The lowest BCUT2D eigenvalue weighted by molar-refractivity contribution is -0.136. The van der Waals surface area contributed by atoms with Crippen molar-refractivity contribution in [1.29, 1.82) is 0 Å². The molecular formula is C22H21NO5. The molecule has 0 N–H and O–H groups in total. The number of methoxy groups -OCH3 is 2. The smallest absolute Gasteiger partial charge is 0.336 e. The van der Waals surface area contributed by atoms with Gasteiger partial charge in [0.2, 0.25) is 5.91 Å². The van der Waals surface area contributed by atoms with E-state index in [9.17, 15) is 9.59 Å². The third kappa shape index (κ3) is 2.91. The third-order valence-electron chi connectivity index (χ3n) is 5.19. The lowest BCUT2D eigenvalue weighted by Crippen LogP contribution is -2.37. The van der Waals surface area contributed by atoms with Gasteiger partial charge in [0.1, 0.15) is 18.1 Å². The number of ether oxygens (including phenoxy) is 3. The van der Waals surface area contributed by atoms with Gasteiger partial charge in [-0.15, -0.1) is 0 Å². The summed E-state index contributed by atoms with van der Waals surface area (Å²) in [5.41, 5.74) is 3.68. The largest absolute Gasteiger partial charge is 0.497 e. The van der Waals surface area contributed by atoms with E-state index in [0.717, 1.165) is 16.8 Å². The predicted octanol–water partition coefficient (Wildman–Crippen LogP) is 3.34. The summed E-state index contributed by atoms with van der Waals surface area (Å²) in [6.45, 7) is 2.05. The minimum atomic E-state index is -0.417. The van der Waals surface area contributed by atoms with Crippen LogP contribution in [0.4, 0.5) is 5.69 Å². The molecule has 0 saturated heterocycles. The quantitative estimate of drug-likeness (QED) is 0.763. The van der Waals surface area contributed by atoms with Crippen LogP contribution in [0.25, 0.3) is 0 Å². The van der Waals surface area contributed by atoms with Crippen LogP contribution >= 0.6 is 0 Å². The second-order valence-electron chi connectivity index (χ2n) is 6.87. The van der Waals surface area contributed by atoms with Crippen LogP contribution in [0, 0.1) is 6.92 Å². The molecule has 1 atom stereocenters. The highest BCUT2D eigenvalue weighted by atomic mass is 16.5. The first kappa shape index (κ1) is 18.1. The Bertz CT molecular complexity index is 994. The molecule has 28 heavy (non-hydrogen) atoms. The van der Waals surface area contributed by atoms with Crippen LogP contribution in [0.1, 0.15) is 23.5 Å². The number of amides is 1. The standard InChI is InChI=1S/C22H21NO5/c1-13-5-4-6-14(9-13)23-18-12-28-22(25)21(18)17(11-20(23)24)16-8-7-15(26-2)10-19(16)27-3/h4-10,17H,11-12H2,1-3H3/t17-/m1/s1. The zero-order chi connectivity index (χ0) is 19.8. The Balaban J connectivity index is 1.84. The van der Waals surface area contributed by atoms with Gasteiger partial charge in [-0.2, -0.15) is 0 Å². The summed E-state index contributed by atoms with van der Waals surface area (Å²) in [6.07, 6.45) is 0.157. The van der Waals surface area contributed by atoms with E-state index in [1.807, 2.05) is 37.3 Å². The molecule has 2 heterocycles. The molecule has 4 rings (SSSR count). The average Bonchev–Trinajstić information content (AvgIpc) is 3.08. The summed E-state index contributed by atoms with van der Waals surface area (Å²) in [6, 6.07) is 13.1. The molecule has 0 spiro atoms. The summed E-state index contributed by atoms with van der Waals surface area (Å²) in [5, 5.41) is 0. The zero-order valence-corrected chi connectivity index (χ0v) is 16.0. The maximum atomic E-state index is 13.1. The lowest BCUT2D eigenvalue weighted by Gasteiger charge is -2.32. The van der Waals surface area contributed by atoms with Crippen LogP contribution in [0.2, 0.25) is 0 Å². The fourth-order valence-corrected chi connectivity index (χ4v) is 3.89. The molecule has 6 nitrogen and oxygen atoms in total. The first-order chi connectivity index (χ1) is 13.5. The van der Waals surface area contributed by atoms with Crippen molar-refractivity contribution in [2.75, 3.05) is 25.7 Å². The summed E-state index contributed by atoms with van der Waals surface area (Å²) in [7, 11) is 3.14. The summed E-state index contributed by atoms with van der Waals surface area (Å²) >= 11 is 0. The Labute approximate surface area is 163 Å². The number of anilines is 1. The minimum absolute atomic E-state index is 0.0782. The van der Waals surface area contributed by atoms with Crippen LogP contribution < -0.4 is 14.4 Å². The van der Waals surface area contributed by atoms with E-state index in [0.29, 0.717) is 22.8 Å². The van der Waals surface area contributed by atoms with Gasteiger partial charge in [-0.25, -0.2) is 4.79 Å². The number of rotatable bonds is 4. The van der Waals surface area contributed by atoms with Gasteiger partial charge >= 0.3 is 5.97 Å². The first-order valence-electron chi connectivity index (χ1n) is 9.05. The molecule has 0 aliphatic carbocycles. The van der Waals surface area contributed by atoms with Gasteiger partial charge in [-0.1, -0.05) is 18.2 Å². The second-order valence-corrected chi connectivity index (χ2v) is 6.87. The molecule has 0 saturated carbocycles. The van der Waals surface area contributed by atoms with E-state index in [2.05, 4.69) is 0 Å². The molecule has 2 aromatic rings. The second kappa shape index (κ2) is 7.03. The van der Waals surface area contributed by atoms with Gasteiger partial charge in [0.25, 0.3) is 0 Å². The van der Waals surface area contributed by atoms with Crippen molar-refractivity contribution in [2.24, 2.45) is 0 Å². The maximum absolute atomic E-state index is 13.1. The normalized spacial score (nSPS) is 18.8. The van der Waals surface area contributed by atoms with Crippen LogP contribution in [-0.2, 0) is 14.3 Å². The number of aryl methyl sites for hydroxylation is 1. The molecule has 0 radical (unpaired) electrons. The van der Waals surface area contributed by atoms with Crippen LogP contribution in [0.3, 0.4) is 0 Å². The Hall–Kier alpha value is -3.28. The molecule has 144 valence electrons. The number of carbonyl (C=O) groups is 2. The number of nitrogens with zero attached hydrogens (tertiary/aromatic N) is 1. The van der Waals surface area contributed by atoms with E-state index in [1.165, 1.54) is 0 Å². The van der Waals surface area contributed by atoms with E-state index in [4.69, 9.17) is 14.2 Å². The van der Waals surface area contributed by atoms with Crippen molar-refractivity contribution in [3.63, 3.8) is 0 Å². The van der Waals surface area contributed by atoms with Crippen molar-refractivity contribution in [3.05, 3.63) is 64.9 Å². The predicted molar refractivity (Wildman–Crippen MR) is 104 cm³/mol. The topological polar surface area (TPSA) is 65.1 Å². The lowest BCUT2D eigenvalue weighted by atomic mass is 9.83. The maximum Gasteiger partial charge on any atom is 0.336 e. The number of hydrogen-bond acceptors (Lipinski definition) is 5. The Morgan fingerprint density at radius 2 is 1.89 bits per heavy atom. The van der Waals surface area contributed by atoms with Crippen LogP contribution in [0.15, 0.2) is 53.7 Å². The summed E-state index contributed by atoms with van der Waals surface area (Å²) in [4.78, 5) is 27.3. The molecular weight excluding hydrogens is 358 g/mol. The highest BCUT2D eigenvalue weighted by Crippen LogP contribution is 2.45. The highest BCUT2D eigenvalue weighted by Gasteiger charge is 2.43. The summed E-state index contributed by atoms with van der Waals surface area (Å²) < 4.78 is 16.1. The highest BCUT2D eigenvalue weighted by molar-refractivity contribution is 6.06. The molecule has 0 bridgehead atoms. The molecule has 0 fully saturated rings. The van der Waals surface area contributed by atoms with Gasteiger partial charge < -0.3 is 14.2 Å². The Morgan fingerprint density at radius 1 is 1.07 bits per heavy atom. The average molecular weight is 379 g/mol. The Kier molecular flexibility index (Phi) is 4.55. The van der Waals surface area contributed by atoms with Crippen molar-refractivity contribution in [2.45, 2.75) is 19.3 Å². The number of benzene rings is 2. The van der Waals surface area contributed by atoms with Gasteiger partial charge in [0, 0.05) is 29.7 Å². The van der Waals surface area contributed by atoms with E-state index < -0.39 is 5.92 Å². The SMILES string of the molecule is COc1ccc([C@H]2CC(=O)N(c3cccc(C)c3)C3=C2C(=O)OC3)c(OC)c1. The van der Waals surface area contributed by atoms with E-state index in [-0.39, 0.29) is 24.9 Å². The van der Waals surface area contributed by atoms with Gasteiger partial charge in [-0.3, -0.25) is 9.69 Å². The molecule has 1 amide bonds. The van der Waals surface area contributed by atoms with E-state index >= 15 is 0 Å². The van der Waals surface area contributed by atoms with Crippen molar-refractivity contribution >= 4 is 17.6 Å². The third-order valence-corrected chi connectivity index (χ3v) is 5.19. The molecule has 0 unspecified atom stereocenters. The Morgan fingerprint density at radius 3 is 2.61 bits per heavy atom. The molecule has 0 aromatic heterocycles. The van der Waals surface area contributed by atoms with Gasteiger partial charge in [0.15, 0.2) is 0 Å². The summed E-state index contributed by atoms with van der Waals surface area (Å²) in [5.74, 6) is 0.341. The number of hydrogen-bond donors (Lipinski definition) is 0. The molecule has 2 aliphatic rings. The zero-order valence-electron chi connectivity index (χ0n) is 16.0. The molecule has 2 aliphatic heterocycles. The first-order valence-corrected chi connectivity index (χ1v) is 9.05. The fourth-order valence-electron chi connectivity index (χ4n) is 3.89. The number of cyclic esters (lactones) is 1. The van der Waals surface area contributed by atoms with Crippen molar-refractivity contribution < 1.29 is 23.8 Å². The monoisotopic (exact) mass is 379 g/mol. The van der Waals surface area contributed by atoms with Crippen LogP contribution in [0.5, 0.6) is 11.5 Å². The number of esters is 1. The molecule has 2 aromatic carbocycles. The van der Waals surface area contributed by atoms with Gasteiger partial charge in [-0.05, 0) is 30.7 Å². The van der Waals surface area contributed by atoms with E-state index in [1.54, 1.807) is 31.3 Å². The minimum Gasteiger partial charge on any atom is -0.497 e. The van der Waals surface area contributed by atoms with Crippen LogP contribution in [-0.4, -0.2) is 32.7 Å². The molecule has 6 heteroatoms. The van der Waals surface area contributed by atoms with Crippen molar-refractivity contribution in [1.82, 2.24) is 0 Å². The van der Waals surface area contributed by atoms with Gasteiger partial charge in [0.05, 0.1) is 25.5 Å². The number of carbonyl (C=O) groups excluding carboxylic acids is 2.